The Hall–Kier alpha value is -6.96. The predicted molar refractivity (Wildman–Crippen MR) is 238 cm³/mol. The van der Waals surface area contributed by atoms with Crippen LogP contribution in [0.25, 0.3) is 110 Å². The molecule has 0 bridgehead atoms. The van der Waals surface area contributed by atoms with Crippen LogP contribution in [0.5, 0.6) is 0 Å². The number of hydrogen-bond donors (Lipinski definition) is 0. The summed E-state index contributed by atoms with van der Waals surface area (Å²) < 4.78 is 6.66. The van der Waals surface area contributed by atoms with Crippen LogP contribution in [-0.2, 0) is 5.41 Å². The highest BCUT2D eigenvalue weighted by Gasteiger charge is 2.38. The zero-order chi connectivity index (χ0) is 37.1. The summed E-state index contributed by atoms with van der Waals surface area (Å²) >= 11 is 0. The van der Waals surface area contributed by atoms with E-state index in [4.69, 9.17) is 4.42 Å². The van der Waals surface area contributed by atoms with Crippen LogP contribution >= 0.6 is 0 Å². The molecule has 1 aliphatic rings. The molecule has 0 saturated carbocycles. The van der Waals surface area contributed by atoms with Crippen molar-refractivity contribution in [1.29, 1.82) is 0 Å². The Morgan fingerprint density at radius 2 is 0.911 bits per heavy atom. The van der Waals surface area contributed by atoms with Crippen LogP contribution in [0.1, 0.15) is 25.0 Å². The Labute approximate surface area is 325 Å². The molecule has 0 radical (unpaired) electrons. The Balaban J connectivity index is 1.11. The molecule has 10 aromatic carbocycles. The Kier molecular flexibility index (Phi) is 6.46. The van der Waals surface area contributed by atoms with Gasteiger partial charge in [-0.1, -0.05) is 172 Å². The molecule has 0 N–H and O–H groups in total. The monoisotopic (exact) mass is 712 g/mol. The van der Waals surface area contributed by atoms with Gasteiger partial charge in [-0.3, -0.25) is 0 Å². The summed E-state index contributed by atoms with van der Waals surface area (Å²) in [6.07, 6.45) is 0. The lowest BCUT2D eigenvalue weighted by Gasteiger charge is -2.26. The highest BCUT2D eigenvalue weighted by atomic mass is 16.3. The molecule has 1 aromatic heterocycles. The van der Waals surface area contributed by atoms with Crippen molar-refractivity contribution in [3.8, 4) is 44.5 Å². The molecule has 11 aromatic rings. The third kappa shape index (κ3) is 4.31. The average Bonchev–Trinajstić information content (AvgIpc) is 3.72. The molecule has 1 nitrogen and oxygen atoms in total. The number of fused-ring (bicyclic) bond motifs is 11. The summed E-state index contributed by atoms with van der Waals surface area (Å²) in [7, 11) is 0. The first kappa shape index (κ1) is 31.4. The molecule has 0 atom stereocenters. The first-order chi connectivity index (χ1) is 27.5. The van der Waals surface area contributed by atoms with Crippen LogP contribution in [0.15, 0.2) is 186 Å². The highest BCUT2D eigenvalue weighted by molar-refractivity contribution is 6.23. The molecule has 262 valence electrons. The van der Waals surface area contributed by atoms with Crippen molar-refractivity contribution in [1.82, 2.24) is 0 Å². The van der Waals surface area contributed by atoms with Gasteiger partial charge in [0.05, 0.1) is 0 Å². The molecule has 0 spiro atoms. The quantitative estimate of drug-likeness (QED) is 0.166. The van der Waals surface area contributed by atoms with E-state index in [-0.39, 0.29) is 5.41 Å². The van der Waals surface area contributed by atoms with Crippen molar-refractivity contribution in [2.45, 2.75) is 19.3 Å². The van der Waals surface area contributed by atoms with Crippen molar-refractivity contribution in [2.75, 3.05) is 0 Å². The van der Waals surface area contributed by atoms with Gasteiger partial charge in [0.2, 0.25) is 0 Å². The number of rotatable bonds is 3. The summed E-state index contributed by atoms with van der Waals surface area (Å²) in [4.78, 5) is 0. The van der Waals surface area contributed by atoms with E-state index >= 15 is 0 Å². The second kappa shape index (κ2) is 11.5. The summed E-state index contributed by atoms with van der Waals surface area (Å²) in [6, 6.07) is 67.2. The molecule has 1 heteroatoms. The van der Waals surface area contributed by atoms with Gasteiger partial charge in [-0.05, 0) is 118 Å². The smallest absolute Gasteiger partial charge is 0.143 e. The molecule has 1 aliphatic carbocycles. The molecule has 0 unspecified atom stereocenters. The Morgan fingerprint density at radius 1 is 0.357 bits per heavy atom. The van der Waals surface area contributed by atoms with Crippen LogP contribution in [0.2, 0.25) is 0 Å². The molecule has 0 amide bonds. The fourth-order valence-electron chi connectivity index (χ4n) is 10.1. The minimum absolute atomic E-state index is 0.130. The van der Waals surface area contributed by atoms with Crippen molar-refractivity contribution in [3.63, 3.8) is 0 Å². The third-order valence-electron chi connectivity index (χ3n) is 12.6. The molecule has 0 aliphatic heterocycles. The van der Waals surface area contributed by atoms with Crippen LogP contribution < -0.4 is 0 Å². The summed E-state index contributed by atoms with van der Waals surface area (Å²) in [5.74, 6) is 0. The maximum atomic E-state index is 6.66. The third-order valence-corrected chi connectivity index (χ3v) is 12.6. The van der Waals surface area contributed by atoms with E-state index in [1.165, 1.54) is 93.3 Å². The SMILES string of the molecule is CC1(C)c2ccccc2-c2cccc(-c3c4ccccc4c(-c4cccc(-c5cc6c7cc8ccccc8cc7oc6c6ccccc56)c4)c4ccccc34)c21. The maximum absolute atomic E-state index is 6.66. The first-order valence-corrected chi connectivity index (χ1v) is 19.6. The van der Waals surface area contributed by atoms with Crippen molar-refractivity contribution in [2.24, 2.45) is 0 Å². The van der Waals surface area contributed by atoms with E-state index in [2.05, 4.69) is 196 Å². The van der Waals surface area contributed by atoms with Crippen molar-refractivity contribution < 1.29 is 4.42 Å². The first-order valence-electron chi connectivity index (χ1n) is 19.6. The minimum atomic E-state index is -0.130. The second-order valence-corrected chi connectivity index (χ2v) is 16.0. The van der Waals surface area contributed by atoms with E-state index < -0.39 is 0 Å². The van der Waals surface area contributed by atoms with E-state index in [0.717, 1.165) is 27.3 Å². The van der Waals surface area contributed by atoms with Gasteiger partial charge in [-0.25, -0.2) is 0 Å². The van der Waals surface area contributed by atoms with Gasteiger partial charge in [0.25, 0.3) is 0 Å². The number of furan rings is 1. The highest BCUT2D eigenvalue weighted by Crippen LogP contribution is 2.54. The van der Waals surface area contributed by atoms with E-state index in [0.29, 0.717) is 0 Å². The Morgan fingerprint density at radius 3 is 1.66 bits per heavy atom. The largest absolute Gasteiger partial charge is 0.455 e. The molecular formula is C55H36O. The maximum Gasteiger partial charge on any atom is 0.143 e. The topological polar surface area (TPSA) is 13.1 Å². The lowest BCUT2D eigenvalue weighted by molar-refractivity contribution is 0.662. The molecule has 56 heavy (non-hydrogen) atoms. The van der Waals surface area contributed by atoms with Crippen molar-refractivity contribution in [3.05, 3.63) is 193 Å². The van der Waals surface area contributed by atoms with Crippen LogP contribution in [-0.4, -0.2) is 0 Å². The zero-order valence-corrected chi connectivity index (χ0v) is 31.2. The second-order valence-electron chi connectivity index (χ2n) is 16.0. The number of hydrogen-bond acceptors (Lipinski definition) is 1. The van der Waals surface area contributed by atoms with Gasteiger partial charge in [0.1, 0.15) is 11.2 Å². The van der Waals surface area contributed by atoms with E-state index in [9.17, 15) is 0 Å². The van der Waals surface area contributed by atoms with Gasteiger partial charge in [0, 0.05) is 21.6 Å². The minimum Gasteiger partial charge on any atom is -0.455 e. The molecular weight excluding hydrogens is 677 g/mol. The van der Waals surface area contributed by atoms with Crippen molar-refractivity contribution >= 4 is 65.0 Å². The lowest BCUT2D eigenvalue weighted by Crippen LogP contribution is -2.16. The normalized spacial score (nSPS) is 13.3. The number of benzene rings is 10. The zero-order valence-electron chi connectivity index (χ0n) is 31.2. The Bertz CT molecular complexity index is 3390. The molecule has 1 heterocycles. The summed E-state index contributed by atoms with van der Waals surface area (Å²) in [5.41, 5.74) is 14.7. The van der Waals surface area contributed by atoms with Crippen LogP contribution in [0, 0.1) is 0 Å². The standard InChI is InChI=1S/C55H36O/c1-55(2)49-28-12-11-20-38(49)43-26-14-27-45(53(43)55)52-41-23-8-6-21-39(41)51(40-22-7-9-24-42(40)52)36-18-13-17-35(29-36)46-32-48-47-30-33-15-3-4-16-34(33)31-50(47)56-54(48)44-25-10-5-19-37(44)46/h3-32H,1-2H3. The average molecular weight is 713 g/mol. The van der Waals surface area contributed by atoms with Gasteiger partial charge in [-0.2, -0.15) is 0 Å². The van der Waals surface area contributed by atoms with Gasteiger partial charge < -0.3 is 4.42 Å². The van der Waals surface area contributed by atoms with Gasteiger partial charge >= 0.3 is 0 Å². The predicted octanol–water partition coefficient (Wildman–Crippen LogP) is 15.5. The van der Waals surface area contributed by atoms with E-state index in [1.54, 1.807) is 0 Å². The van der Waals surface area contributed by atoms with Gasteiger partial charge in [-0.15, -0.1) is 0 Å². The molecule has 0 saturated heterocycles. The van der Waals surface area contributed by atoms with E-state index in [1.807, 2.05) is 0 Å². The lowest BCUT2D eigenvalue weighted by atomic mass is 9.76. The van der Waals surface area contributed by atoms with Crippen LogP contribution in [0.4, 0.5) is 0 Å². The fraction of sp³-hybridized carbons (Fsp3) is 0.0545. The molecule has 12 rings (SSSR count). The summed E-state index contributed by atoms with van der Waals surface area (Å²) in [5, 5.41) is 12.1. The van der Waals surface area contributed by atoms with Crippen LogP contribution in [0.3, 0.4) is 0 Å². The fourth-order valence-corrected chi connectivity index (χ4v) is 10.1. The molecule has 0 fully saturated rings. The van der Waals surface area contributed by atoms with Gasteiger partial charge in [0.15, 0.2) is 0 Å². The summed E-state index contributed by atoms with van der Waals surface area (Å²) in [6.45, 7) is 4.78.